The smallest absolute Gasteiger partial charge is 0.0934 e. The van der Waals surface area contributed by atoms with Crippen LogP contribution in [0.4, 0.5) is 0 Å². The molecule has 0 fully saturated rings. The zero-order valence-electron chi connectivity index (χ0n) is 11.8. The van der Waals surface area contributed by atoms with Gasteiger partial charge in [0, 0.05) is 17.8 Å². The third-order valence-electron chi connectivity index (χ3n) is 2.61. The molecule has 3 heteroatoms. The van der Waals surface area contributed by atoms with Crippen LogP contribution in [0.5, 0.6) is 0 Å². The van der Waals surface area contributed by atoms with Gasteiger partial charge in [0.15, 0.2) is 0 Å². The summed E-state index contributed by atoms with van der Waals surface area (Å²) >= 11 is 1.89. The van der Waals surface area contributed by atoms with Crippen LogP contribution in [-0.4, -0.2) is 11.5 Å². The molecule has 0 bridgehead atoms. The van der Waals surface area contributed by atoms with E-state index in [1.54, 1.807) is 0 Å². The summed E-state index contributed by atoms with van der Waals surface area (Å²) in [6, 6.07) is 0. The number of nitrogens with zero attached hydrogens (tertiary/aromatic N) is 1. The minimum Gasteiger partial charge on any atom is -0.312 e. The maximum atomic E-state index is 4.81. The summed E-state index contributed by atoms with van der Waals surface area (Å²) in [5.41, 5.74) is 1.30. The molecule has 0 aliphatic carbocycles. The van der Waals surface area contributed by atoms with Gasteiger partial charge in [0.1, 0.15) is 0 Å². The van der Waals surface area contributed by atoms with Gasteiger partial charge in [0.25, 0.3) is 0 Å². The molecular formula is C14H26N2S. The van der Waals surface area contributed by atoms with Crippen molar-refractivity contribution in [3.8, 4) is 0 Å². The highest BCUT2D eigenvalue weighted by atomic mass is 32.1. The first-order chi connectivity index (χ1) is 8.04. The normalized spacial score (nSPS) is 11.7. The Morgan fingerprint density at radius 2 is 1.94 bits per heavy atom. The number of nitrogens with one attached hydrogen (secondary N) is 1. The Kier molecular flexibility index (Phi) is 6.14. The first-order valence-corrected chi connectivity index (χ1v) is 7.55. The van der Waals surface area contributed by atoms with Gasteiger partial charge < -0.3 is 5.32 Å². The van der Waals surface area contributed by atoms with Gasteiger partial charge >= 0.3 is 0 Å². The van der Waals surface area contributed by atoms with E-state index in [1.165, 1.54) is 22.0 Å². The van der Waals surface area contributed by atoms with Gasteiger partial charge in [0.2, 0.25) is 0 Å². The van der Waals surface area contributed by atoms with Crippen LogP contribution in [0.25, 0.3) is 0 Å². The van der Waals surface area contributed by atoms with Crippen molar-refractivity contribution in [1.82, 2.24) is 10.3 Å². The molecule has 98 valence electrons. The highest BCUT2D eigenvalue weighted by molar-refractivity contribution is 7.11. The second-order valence-corrected chi connectivity index (χ2v) is 6.51. The highest BCUT2D eigenvalue weighted by Gasteiger charge is 2.14. The van der Waals surface area contributed by atoms with E-state index in [0.717, 1.165) is 19.5 Å². The molecule has 2 nitrogen and oxygen atoms in total. The fourth-order valence-electron chi connectivity index (χ4n) is 1.81. The molecule has 1 rings (SSSR count). The summed E-state index contributed by atoms with van der Waals surface area (Å²) in [5.74, 6) is 1.23. The van der Waals surface area contributed by atoms with E-state index in [4.69, 9.17) is 4.98 Å². The lowest BCUT2D eigenvalue weighted by Crippen LogP contribution is -2.14. The topological polar surface area (TPSA) is 24.9 Å². The number of hydrogen-bond acceptors (Lipinski definition) is 3. The van der Waals surface area contributed by atoms with Gasteiger partial charge in [-0.15, -0.1) is 11.3 Å². The molecule has 0 radical (unpaired) electrons. The molecule has 0 unspecified atom stereocenters. The number of hydrogen-bond donors (Lipinski definition) is 1. The summed E-state index contributed by atoms with van der Waals surface area (Å²) in [7, 11) is 0. The van der Waals surface area contributed by atoms with Crippen molar-refractivity contribution < 1.29 is 0 Å². The predicted octanol–water partition coefficient (Wildman–Crippen LogP) is 3.96. The molecule has 1 heterocycles. The highest BCUT2D eigenvalue weighted by Crippen LogP contribution is 2.26. The van der Waals surface area contributed by atoms with E-state index in [2.05, 4.69) is 39.9 Å². The molecule has 17 heavy (non-hydrogen) atoms. The van der Waals surface area contributed by atoms with E-state index in [1.807, 2.05) is 11.3 Å². The lowest BCUT2D eigenvalue weighted by atomic mass is 10.1. The Morgan fingerprint density at radius 1 is 1.24 bits per heavy atom. The Morgan fingerprint density at radius 3 is 2.47 bits per heavy atom. The molecule has 0 aliphatic heterocycles. The van der Waals surface area contributed by atoms with E-state index >= 15 is 0 Å². The van der Waals surface area contributed by atoms with Crippen molar-refractivity contribution in [2.75, 3.05) is 6.54 Å². The summed E-state index contributed by atoms with van der Waals surface area (Å²) < 4.78 is 0. The lowest BCUT2D eigenvalue weighted by Gasteiger charge is -2.05. The van der Waals surface area contributed by atoms with Crippen molar-refractivity contribution >= 4 is 11.3 Å². The van der Waals surface area contributed by atoms with Crippen molar-refractivity contribution in [1.29, 1.82) is 0 Å². The van der Waals surface area contributed by atoms with Crippen LogP contribution < -0.4 is 5.32 Å². The van der Waals surface area contributed by atoms with E-state index in [0.29, 0.717) is 11.8 Å². The largest absolute Gasteiger partial charge is 0.312 e. The molecule has 0 saturated carbocycles. The van der Waals surface area contributed by atoms with Crippen LogP contribution in [-0.2, 0) is 13.0 Å². The monoisotopic (exact) mass is 254 g/mol. The quantitative estimate of drug-likeness (QED) is 0.745. The van der Waals surface area contributed by atoms with Crippen LogP contribution in [0.3, 0.4) is 0 Å². The van der Waals surface area contributed by atoms with Crippen molar-refractivity contribution in [3.63, 3.8) is 0 Å². The molecule has 0 atom stereocenters. The summed E-state index contributed by atoms with van der Waals surface area (Å²) in [6.45, 7) is 13.3. The fourth-order valence-corrected chi connectivity index (χ4v) is 3.21. The third kappa shape index (κ3) is 4.76. The van der Waals surface area contributed by atoms with Gasteiger partial charge in [-0.2, -0.15) is 0 Å². The van der Waals surface area contributed by atoms with Gasteiger partial charge in [-0.05, 0) is 24.8 Å². The van der Waals surface area contributed by atoms with Crippen LogP contribution in [0.2, 0.25) is 0 Å². The molecule has 1 aromatic heterocycles. The second kappa shape index (κ2) is 7.12. The standard InChI is InChI=1S/C14H26N2S/c1-6-7-15-9-12-14(11(4)5)16-13(17-12)8-10(2)3/h10-11,15H,6-9H2,1-5H3. The van der Waals surface area contributed by atoms with E-state index < -0.39 is 0 Å². The van der Waals surface area contributed by atoms with Gasteiger partial charge in [-0.1, -0.05) is 34.6 Å². The first-order valence-electron chi connectivity index (χ1n) is 6.73. The van der Waals surface area contributed by atoms with Gasteiger partial charge in [-0.3, -0.25) is 0 Å². The maximum Gasteiger partial charge on any atom is 0.0934 e. The molecule has 0 amide bonds. The Bertz CT molecular complexity index is 329. The van der Waals surface area contributed by atoms with Crippen molar-refractivity contribution in [3.05, 3.63) is 15.6 Å². The molecular weight excluding hydrogens is 228 g/mol. The molecule has 1 aromatic rings. The minimum atomic E-state index is 0.533. The average Bonchev–Trinajstić information content (AvgIpc) is 2.60. The maximum absolute atomic E-state index is 4.81. The van der Waals surface area contributed by atoms with E-state index in [-0.39, 0.29) is 0 Å². The van der Waals surface area contributed by atoms with Crippen LogP contribution in [0.15, 0.2) is 0 Å². The minimum absolute atomic E-state index is 0.533. The fraction of sp³-hybridized carbons (Fsp3) is 0.786. The Labute approximate surface area is 110 Å². The Hall–Kier alpha value is -0.410. The van der Waals surface area contributed by atoms with Crippen molar-refractivity contribution in [2.45, 2.75) is 59.9 Å². The van der Waals surface area contributed by atoms with Crippen molar-refractivity contribution in [2.24, 2.45) is 5.92 Å². The molecule has 0 aromatic carbocycles. The zero-order chi connectivity index (χ0) is 12.8. The zero-order valence-corrected chi connectivity index (χ0v) is 12.7. The first kappa shape index (κ1) is 14.7. The number of aromatic nitrogens is 1. The van der Waals surface area contributed by atoms with E-state index in [9.17, 15) is 0 Å². The molecule has 0 saturated heterocycles. The number of rotatable bonds is 7. The van der Waals surface area contributed by atoms with Gasteiger partial charge in [-0.25, -0.2) is 4.98 Å². The second-order valence-electron chi connectivity index (χ2n) is 5.35. The predicted molar refractivity (Wildman–Crippen MR) is 76.7 cm³/mol. The summed E-state index contributed by atoms with van der Waals surface area (Å²) in [4.78, 5) is 6.24. The average molecular weight is 254 g/mol. The summed E-state index contributed by atoms with van der Waals surface area (Å²) in [5, 5.41) is 4.79. The van der Waals surface area contributed by atoms with Crippen LogP contribution >= 0.6 is 11.3 Å². The summed E-state index contributed by atoms with van der Waals surface area (Å²) in [6.07, 6.45) is 2.30. The third-order valence-corrected chi connectivity index (χ3v) is 3.71. The molecule has 0 spiro atoms. The lowest BCUT2D eigenvalue weighted by molar-refractivity contribution is 0.639. The van der Waals surface area contributed by atoms with Crippen LogP contribution in [0, 0.1) is 5.92 Å². The number of thiazole rings is 1. The van der Waals surface area contributed by atoms with Gasteiger partial charge in [0.05, 0.1) is 10.7 Å². The van der Waals surface area contributed by atoms with Crippen LogP contribution in [0.1, 0.15) is 62.5 Å². The SMILES string of the molecule is CCCNCc1sc(CC(C)C)nc1C(C)C. The Balaban J connectivity index is 2.74. The molecule has 1 N–H and O–H groups in total. The molecule has 0 aliphatic rings.